The summed E-state index contributed by atoms with van der Waals surface area (Å²) in [7, 11) is -0.940. The highest BCUT2D eigenvalue weighted by Gasteiger charge is 2.16. The molecule has 0 fully saturated rings. The van der Waals surface area contributed by atoms with Crippen LogP contribution in [0.15, 0.2) is 29.2 Å². The highest BCUT2D eigenvalue weighted by molar-refractivity contribution is 7.85. The largest absolute Gasteiger partial charge is 0.328 e. The molecule has 2 N–H and O–H groups in total. The zero-order valence-corrected chi connectivity index (χ0v) is 10.4. The monoisotopic (exact) mass is 225 g/mol. The van der Waals surface area contributed by atoms with Crippen molar-refractivity contribution >= 4 is 10.8 Å². The van der Waals surface area contributed by atoms with Crippen LogP contribution in [0.1, 0.15) is 25.8 Å². The van der Waals surface area contributed by atoms with Crippen LogP contribution >= 0.6 is 0 Å². The second-order valence-corrected chi connectivity index (χ2v) is 5.93. The standard InChI is InChI=1S/C12H19NOS/c1-9-6-4-5-7-12(9)15(14)11(3)8-10(2)13/h4-7,10-11H,8,13H2,1-3H3. The molecule has 1 rings (SSSR count). The summed E-state index contributed by atoms with van der Waals surface area (Å²) in [5, 5.41) is 0.117. The molecule has 15 heavy (non-hydrogen) atoms. The van der Waals surface area contributed by atoms with Gasteiger partial charge in [0.2, 0.25) is 0 Å². The minimum Gasteiger partial charge on any atom is -0.328 e. The smallest absolute Gasteiger partial charge is 0.0561 e. The number of nitrogens with two attached hydrogens (primary N) is 1. The van der Waals surface area contributed by atoms with Gasteiger partial charge < -0.3 is 5.73 Å². The molecule has 3 atom stereocenters. The first kappa shape index (κ1) is 12.4. The first-order chi connectivity index (χ1) is 7.02. The Morgan fingerprint density at radius 2 is 1.93 bits per heavy atom. The quantitative estimate of drug-likeness (QED) is 0.854. The summed E-state index contributed by atoms with van der Waals surface area (Å²) < 4.78 is 12.2. The highest BCUT2D eigenvalue weighted by atomic mass is 32.2. The molecule has 1 aromatic rings. The number of hydrogen-bond acceptors (Lipinski definition) is 2. The van der Waals surface area contributed by atoms with Crippen molar-refractivity contribution in [2.75, 3.05) is 0 Å². The van der Waals surface area contributed by atoms with E-state index in [1.54, 1.807) is 0 Å². The van der Waals surface area contributed by atoms with Crippen LogP contribution < -0.4 is 5.73 Å². The van der Waals surface area contributed by atoms with Gasteiger partial charge in [0.15, 0.2) is 0 Å². The lowest BCUT2D eigenvalue weighted by Crippen LogP contribution is -2.24. The van der Waals surface area contributed by atoms with E-state index in [0.717, 1.165) is 16.9 Å². The maximum atomic E-state index is 12.2. The van der Waals surface area contributed by atoms with Crippen molar-refractivity contribution < 1.29 is 4.21 Å². The van der Waals surface area contributed by atoms with E-state index in [-0.39, 0.29) is 11.3 Å². The molecule has 0 spiro atoms. The van der Waals surface area contributed by atoms with Crippen molar-refractivity contribution in [2.45, 2.75) is 43.4 Å². The third-order valence-electron chi connectivity index (χ3n) is 2.38. The predicted molar refractivity (Wildman–Crippen MR) is 65.3 cm³/mol. The van der Waals surface area contributed by atoms with Crippen molar-refractivity contribution in [3.8, 4) is 0 Å². The molecule has 0 heterocycles. The fraction of sp³-hybridized carbons (Fsp3) is 0.500. The first-order valence-electron chi connectivity index (χ1n) is 5.24. The van der Waals surface area contributed by atoms with Crippen LogP contribution in [-0.2, 0) is 10.8 Å². The van der Waals surface area contributed by atoms with Crippen LogP contribution in [-0.4, -0.2) is 15.5 Å². The molecule has 84 valence electrons. The van der Waals surface area contributed by atoms with Crippen LogP contribution in [0, 0.1) is 6.92 Å². The van der Waals surface area contributed by atoms with E-state index < -0.39 is 10.8 Å². The summed E-state index contributed by atoms with van der Waals surface area (Å²) in [6, 6.07) is 7.92. The third-order valence-corrected chi connectivity index (χ3v) is 4.19. The number of aryl methyl sites for hydroxylation is 1. The van der Waals surface area contributed by atoms with Crippen LogP contribution in [0.3, 0.4) is 0 Å². The van der Waals surface area contributed by atoms with E-state index in [4.69, 9.17) is 5.73 Å². The normalized spacial score (nSPS) is 17.1. The highest BCUT2D eigenvalue weighted by Crippen LogP contribution is 2.17. The zero-order valence-electron chi connectivity index (χ0n) is 9.57. The Morgan fingerprint density at radius 1 is 1.33 bits per heavy atom. The Hall–Kier alpha value is -0.670. The molecule has 0 aliphatic carbocycles. The Morgan fingerprint density at radius 3 is 2.47 bits per heavy atom. The summed E-state index contributed by atoms with van der Waals surface area (Å²) >= 11 is 0. The lowest BCUT2D eigenvalue weighted by molar-refractivity contribution is 0.628. The van der Waals surface area contributed by atoms with Gasteiger partial charge in [-0.05, 0) is 31.9 Å². The molecule has 0 saturated heterocycles. The number of benzene rings is 1. The van der Waals surface area contributed by atoms with Crippen molar-refractivity contribution in [2.24, 2.45) is 5.73 Å². The van der Waals surface area contributed by atoms with Gasteiger partial charge in [-0.3, -0.25) is 4.21 Å². The van der Waals surface area contributed by atoms with Crippen LogP contribution in [0.4, 0.5) is 0 Å². The molecular formula is C12H19NOS. The van der Waals surface area contributed by atoms with Gasteiger partial charge in [0, 0.05) is 16.2 Å². The molecule has 3 heteroatoms. The topological polar surface area (TPSA) is 43.1 Å². The van der Waals surface area contributed by atoms with E-state index in [2.05, 4.69) is 0 Å². The molecule has 0 aromatic heterocycles. The Balaban J connectivity index is 2.81. The van der Waals surface area contributed by atoms with E-state index in [9.17, 15) is 4.21 Å². The average Bonchev–Trinajstić information content (AvgIpc) is 2.16. The fourth-order valence-corrected chi connectivity index (χ4v) is 3.12. The van der Waals surface area contributed by atoms with Gasteiger partial charge in [-0.2, -0.15) is 0 Å². The maximum absolute atomic E-state index is 12.2. The van der Waals surface area contributed by atoms with Gasteiger partial charge in [-0.15, -0.1) is 0 Å². The van der Waals surface area contributed by atoms with Crippen molar-refractivity contribution in [1.82, 2.24) is 0 Å². The summed E-state index contributed by atoms with van der Waals surface area (Å²) in [5.74, 6) is 0. The summed E-state index contributed by atoms with van der Waals surface area (Å²) in [5.41, 5.74) is 6.80. The fourth-order valence-electron chi connectivity index (χ4n) is 1.61. The second kappa shape index (κ2) is 5.42. The summed E-state index contributed by atoms with van der Waals surface area (Å²) in [6.07, 6.45) is 0.793. The molecule has 2 nitrogen and oxygen atoms in total. The molecule has 0 radical (unpaired) electrons. The SMILES string of the molecule is Cc1ccccc1S(=O)C(C)CC(C)N. The molecule has 0 aliphatic rings. The maximum Gasteiger partial charge on any atom is 0.0561 e. The molecule has 0 amide bonds. The Kier molecular flexibility index (Phi) is 4.48. The summed E-state index contributed by atoms with van der Waals surface area (Å²) in [4.78, 5) is 0.936. The van der Waals surface area contributed by atoms with Gasteiger partial charge in [-0.25, -0.2) is 0 Å². The number of hydrogen-bond donors (Lipinski definition) is 1. The third kappa shape index (κ3) is 3.43. The molecule has 3 unspecified atom stereocenters. The van der Waals surface area contributed by atoms with Gasteiger partial charge in [0.05, 0.1) is 10.8 Å². The van der Waals surface area contributed by atoms with Crippen LogP contribution in [0.25, 0.3) is 0 Å². The molecule has 0 saturated carbocycles. The van der Waals surface area contributed by atoms with Gasteiger partial charge in [-0.1, -0.05) is 25.1 Å². The van der Waals surface area contributed by atoms with Gasteiger partial charge >= 0.3 is 0 Å². The lowest BCUT2D eigenvalue weighted by Gasteiger charge is -2.15. The molecular weight excluding hydrogens is 206 g/mol. The van der Waals surface area contributed by atoms with E-state index in [0.29, 0.717) is 0 Å². The van der Waals surface area contributed by atoms with E-state index in [1.165, 1.54) is 0 Å². The average molecular weight is 225 g/mol. The lowest BCUT2D eigenvalue weighted by atomic mass is 10.2. The minimum absolute atomic E-state index is 0.105. The van der Waals surface area contributed by atoms with Crippen molar-refractivity contribution in [3.63, 3.8) is 0 Å². The molecule has 1 aromatic carbocycles. The second-order valence-electron chi connectivity index (χ2n) is 4.09. The van der Waals surface area contributed by atoms with Crippen LogP contribution in [0.2, 0.25) is 0 Å². The van der Waals surface area contributed by atoms with E-state index in [1.807, 2.05) is 45.0 Å². The summed E-state index contributed by atoms with van der Waals surface area (Å²) in [6.45, 7) is 5.93. The predicted octanol–water partition coefficient (Wildman–Crippen LogP) is 2.23. The first-order valence-corrected chi connectivity index (χ1v) is 6.45. The van der Waals surface area contributed by atoms with Crippen molar-refractivity contribution in [1.29, 1.82) is 0 Å². The minimum atomic E-state index is -0.940. The van der Waals surface area contributed by atoms with Gasteiger partial charge in [0.1, 0.15) is 0 Å². The molecule has 0 aliphatic heterocycles. The number of rotatable bonds is 4. The van der Waals surface area contributed by atoms with E-state index >= 15 is 0 Å². The zero-order chi connectivity index (χ0) is 11.4. The van der Waals surface area contributed by atoms with Crippen molar-refractivity contribution in [3.05, 3.63) is 29.8 Å². The Labute approximate surface area is 94.3 Å². The Bertz CT molecular complexity index is 349. The molecule has 0 bridgehead atoms. The van der Waals surface area contributed by atoms with Crippen LogP contribution in [0.5, 0.6) is 0 Å². The van der Waals surface area contributed by atoms with Gasteiger partial charge in [0.25, 0.3) is 0 Å².